The zero-order valence-corrected chi connectivity index (χ0v) is 10.9. The maximum absolute atomic E-state index is 9.69. The van der Waals surface area contributed by atoms with Gasteiger partial charge in [-0.2, -0.15) is 0 Å². The summed E-state index contributed by atoms with van der Waals surface area (Å²) in [6.45, 7) is 0.841. The molecule has 3 rings (SSSR count). The van der Waals surface area contributed by atoms with Crippen molar-refractivity contribution in [3.63, 3.8) is 0 Å². The quantitative estimate of drug-likeness (QED) is 0.888. The SMILES string of the molecule is OC1CCCC(CCc2ccc3c(c2)CCO3)C1. The van der Waals surface area contributed by atoms with Gasteiger partial charge in [0, 0.05) is 6.42 Å². The van der Waals surface area contributed by atoms with Crippen molar-refractivity contribution in [3.8, 4) is 5.75 Å². The molecule has 2 unspecified atom stereocenters. The number of ether oxygens (including phenoxy) is 1. The van der Waals surface area contributed by atoms with Crippen molar-refractivity contribution >= 4 is 0 Å². The van der Waals surface area contributed by atoms with Crippen LogP contribution in [0.2, 0.25) is 0 Å². The van der Waals surface area contributed by atoms with Crippen LogP contribution in [-0.4, -0.2) is 17.8 Å². The molecule has 1 aromatic rings. The third kappa shape index (κ3) is 2.69. The summed E-state index contributed by atoms with van der Waals surface area (Å²) in [5.41, 5.74) is 2.80. The first-order chi connectivity index (χ1) is 8.81. The zero-order chi connectivity index (χ0) is 12.4. The summed E-state index contributed by atoms with van der Waals surface area (Å²) in [4.78, 5) is 0. The van der Waals surface area contributed by atoms with Crippen molar-refractivity contribution in [2.24, 2.45) is 5.92 Å². The molecule has 1 aromatic carbocycles. The van der Waals surface area contributed by atoms with Crippen LogP contribution in [0.3, 0.4) is 0 Å². The lowest BCUT2D eigenvalue weighted by Crippen LogP contribution is -2.19. The highest BCUT2D eigenvalue weighted by Gasteiger charge is 2.20. The second kappa shape index (κ2) is 5.31. The molecular formula is C16H22O2. The molecule has 18 heavy (non-hydrogen) atoms. The minimum absolute atomic E-state index is 0.0443. The summed E-state index contributed by atoms with van der Waals surface area (Å²) in [7, 11) is 0. The fourth-order valence-electron chi connectivity index (χ4n) is 3.29. The summed E-state index contributed by atoms with van der Waals surface area (Å²) < 4.78 is 5.53. The second-order valence-electron chi connectivity index (χ2n) is 5.77. The molecule has 0 aromatic heterocycles. The van der Waals surface area contributed by atoms with Gasteiger partial charge >= 0.3 is 0 Å². The van der Waals surface area contributed by atoms with Crippen LogP contribution in [0.1, 0.15) is 43.2 Å². The van der Waals surface area contributed by atoms with Crippen molar-refractivity contribution in [1.29, 1.82) is 0 Å². The Bertz CT molecular complexity index is 414. The van der Waals surface area contributed by atoms with Gasteiger partial charge in [0.1, 0.15) is 5.75 Å². The van der Waals surface area contributed by atoms with E-state index in [1.54, 1.807) is 0 Å². The molecule has 1 N–H and O–H groups in total. The molecule has 2 atom stereocenters. The van der Waals surface area contributed by atoms with E-state index < -0.39 is 0 Å². The van der Waals surface area contributed by atoms with Crippen LogP contribution in [0.15, 0.2) is 18.2 Å². The first-order valence-electron chi connectivity index (χ1n) is 7.24. The minimum Gasteiger partial charge on any atom is -0.493 e. The smallest absolute Gasteiger partial charge is 0.122 e. The van der Waals surface area contributed by atoms with Crippen LogP contribution < -0.4 is 4.74 Å². The topological polar surface area (TPSA) is 29.5 Å². The summed E-state index contributed by atoms with van der Waals surface area (Å²) in [6.07, 6.45) is 7.89. The molecule has 1 aliphatic carbocycles. The van der Waals surface area contributed by atoms with Gasteiger partial charge < -0.3 is 9.84 Å². The van der Waals surface area contributed by atoms with E-state index in [0.29, 0.717) is 0 Å². The summed E-state index contributed by atoms with van der Waals surface area (Å²) in [5, 5.41) is 9.69. The van der Waals surface area contributed by atoms with Gasteiger partial charge in [-0.15, -0.1) is 0 Å². The lowest BCUT2D eigenvalue weighted by atomic mass is 9.83. The molecule has 0 amide bonds. The highest BCUT2D eigenvalue weighted by Crippen LogP contribution is 2.30. The Morgan fingerprint density at radius 3 is 3.11 bits per heavy atom. The molecule has 0 saturated heterocycles. The molecule has 1 aliphatic heterocycles. The fraction of sp³-hybridized carbons (Fsp3) is 0.625. The Hall–Kier alpha value is -1.02. The number of aryl methyl sites for hydroxylation is 1. The Labute approximate surface area is 109 Å². The molecule has 0 bridgehead atoms. The van der Waals surface area contributed by atoms with Crippen LogP contribution in [0, 0.1) is 5.92 Å². The predicted octanol–water partition coefficient (Wildman–Crippen LogP) is 3.11. The van der Waals surface area contributed by atoms with Crippen molar-refractivity contribution in [3.05, 3.63) is 29.3 Å². The lowest BCUT2D eigenvalue weighted by Gasteiger charge is -2.25. The number of hydrogen-bond donors (Lipinski definition) is 1. The number of hydrogen-bond acceptors (Lipinski definition) is 2. The zero-order valence-electron chi connectivity index (χ0n) is 10.9. The lowest BCUT2D eigenvalue weighted by molar-refractivity contribution is 0.0984. The van der Waals surface area contributed by atoms with Crippen LogP contribution in [0.5, 0.6) is 5.75 Å². The number of rotatable bonds is 3. The Morgan fingerprint density at radius 2 is 2.22 bits per heavy atom. The van der Waals surface area contributed by atoms with Crippen LogP contribution in [0.4, 0.5) is 0 Å². The van der Waals surface area contributed by atoms with Gasteiger partial charge in [0.15, 0.2) is 0 Å². The van der Waals surface area contributed by atoms with E-state index in [0.717, 1.165) is 44.0 Å². The molecule has 0 spiro atoms. The molecule has 1 fully saturated rings. The van der Waals surface area contributed by atoms with Gasteiger partial charge in [-0.05, 0) is 48.8 Å². The maximum atomic E-state index is 9.69. The summed E-state index contributed by atoms with van der Waals surface area (Å²) >= 11 is 0. The Balaban J connectivity index is 1.56. The summed E-state index contributed by atoms with van der Waals surface area (Å²) in [5.74, 6) is 1.80. The van der Waals surface area contributed by atoms with Gasteiger partial charge in [0.2, 0.25) is 0 Å². The fourth-order valence-corrected chi connectivity index (χ4v) is 3.29. The van der Waals surface area contributed by atoms with Gasteiger partial charge in [-0.25, -0.2) is 0 Å². The Kier molecular flexibility index (Phi) is 3.55. The molecular weight excluding hydrogens is 224 g/mol. The average molecular weight is 246 g/mol. The van der Waals surface area contributed by atoms with Gasteiger partial charge in [0.05, 0.1) is 12.7 Å². The summed E-state index contributed by atoms with van der Waals surface area (Å²) in [6, 6.07) is 6.62. The third-order valence-corrected chi connectivity index (χ3v) is 4.35. The Morgan fingerprint density at radius 1 is 1.28 bits per heavy atom. The van der Waals surface area contributed by atoms with E-state index in [4.69, 9.17) is 4.74 Å². The minimum atomic E-state index is -0.0443. The van der Waals surface area contributed by atoms with Crippen LogP contribution in [-0.2, 0) is 12.8 Å². The van der Waals surface area contributed by atoms with Crippen molar-refractivity contribution in [1.82, 2.24) is 0 Å². The monoisotopic (exact) mass is 246 g/mol. The van der Waals surface area contributed by atoms with E-state index in [1.165, 1.54) is 30.4 Å². The number of benzene rings is 1. The van der Waals surface area contributed by atoms with Crippen LogP contribution >= 0.6 is 0 Å². The molecule has 2 heteroatoms. The standard InChI is InChI=1S/C16H22O2/c17-15-3-1-2-12(11-15)4-5-13-6-7-16-14(10-13)8-9-18-16/h6-7,10,12,15,17H,1-5,8-9,11H2. The van der Waals surface area contributed by atoms with E-state index in [-0.39, 0.29) is 6.10 Å². The third-order valence-electron chi connectivity index (χ3n) is 4.35. The van der Waals surface area contributed by atoms with E-state index >= 15 is 0 Å². The largest absolute Gasteiger partial charge is 0.493 e. The van der Waals surface area contributed by atoms with Gasteiger partial charge in [-0.3, -0.25) is 0 Å². The number of fused-ring (bicyclic) bond motifs is 1. The molecule has 2 nitrogen and oxygen atoms in total. The molecule has 1 heterocycles. The van der Waals surface area contributed by atoms with E-state index in [2.05, 4.69) is 18.2 Å². The predicted molar refractivity (Wildman–Crippen MR) is 71.9 cm³/mol. The second-order valence-corrected chi connectivity index (χ2v) is 5.77. The molecule has 0 radical (unpaired) electrons. The average Bonchev–Trinajstić information content (AvgIpc) is 2.84. The highest BCUT2D eigenvalue weighted by molar-refractivity contribution is 5.39. The first kappa shape index (κ1) is 12.0. The molecule has 98 valence electrons. The maximum Gasteiger partial charge on any atom is 0.122 e. The number of aliphatic hydroxyl groups is 1. The van der Waals surface area contributed by atoms with Crippen molar-refractivity contribution in [2.75, 3.05) is 6.61 Å². The van der Waals surface area contributed by atoms with Crippen molar-refractivity contribution < 1.29 is 9.84 Å². The number of aliphatic hydroxyl groups excluding tert-OH is 1. The van der Waals surface area contributed by atoms with E-state index in [9.17, 15) is 5.11 Å². The highest BCUT2D eigenvalue weighted by atomic mass is 16.5. The van der Waals surface area contributed by atoms with Gasteiger partial charge in [-0.1, -0.05) is 25.0 Å². The van der Waals surface area contributed by atoms with E-state index in [1.807, 2.05) is 0 Å². The normalized spacial score (nSPS) is 26.7. The van der Waals surface area contributed by atoms with Crippen LogP contribution in [0.25, 0.3) is 0 Å². The first-order valence-corrected chi connectivity index (χ1v) is 7.24. The molecule has 1 saturated carbocycles. The van der Waals surface area contributed by atoms with Gasteiger partial charge in [0.25, 0.3) is 0 Å². The van der Waals surface area contributed by atoms with Crippen molar-refractivity contribution in [2.45, 2.75) is 51.0 Å². The molecule has 2 aliphatic rings.